The summed E-state index contributed by atoms with van der Waals surface area (Å²) in [5.74, 6) is 0. The van der Waals surface area contributed by atoms with E-state index in [1.807, 2.05) is 0 Å². The molecule has 10 rings (SSSR count). The summed E-state index contributed by atoms with van der Waals surface area (Å²) >= 11 is 0. The highest BCUT2D eigenvalue weighted by atomic mass is 15.3. The van der Waals surface area contributed by atoms with Gasteiger partial charge in [-0.1, -0.05) is 152 Å². The Balaban J connectivity index is 1.12. The molecule has 0 aromatic heterocycles. The van der Waals surface area contributed by atoms with Crippen molar-refractivity contribution in [1.29, 1.82) is 0 Å². The molecular formula is C47H32N2. The first-order valence-corrected chi connectivity index (χ1v) is 17.0. The molecule has 1 aliphatic rings. The van der Waals surface area contributed by atoms with Gasteiger partial charge in [0.05, 0.1) is 11.4 Å². The summed E-state index contributed by atoms with van der Waals surface area (Å²) in [7, 11) is 0. The van der Waals surface area contributed by atoms with Gasteiger partial charge >= 0.3 is 0 Å². The maximum Gasteiger partial charge on any atom is 0.130 e. The molecular weight excluding hydrogens is 593 g/mol. The molecule has 1 atom stereocenters. The van der Waals surface area contributed by atoms with Crippen LogP contribution < -0.4 is 10.2 Å². The van der Waals surface area contributed by atoms with E-state index >= 15 is 0 Å². The standard InChI is InChI=1S/C47H32N2/c1-3-10-31(11-4-1)32-18-20-33(21-19-32)41-30-42(40-29-27-36-13-9-12-35-26-28-39(41)46(40)45(35)36)34-22-24-37(25-23-34)47-48-43-16-7-8-17-44(43)49(47)38-14-5-2-6-15-38/h1-30,47-48H. The number of anilines is 3. The number of rotatable bonds is 5. The van der Waals surface area contributed by atoms with Gasteiger partial charge in [-0.3, -0.25) is 0 Å². The van der Waals surface area contributed by atoms with Crippen molar-refractivity contribution in [2.75, 3.05) is 10.2 Å². The van der Waals surface area contributed by atoms with E-state index in [4.69, 9.17) is 0 Å². The molecule has 9 aromatic rings. The zero-order valence-electron chi connectivity index (χ0n) is 26.8. The molecule has 0 fully saturated rings. The van der Waals surface area contributed by atoms with Gasteiger partial charge in [0.25, 0.3) is 0 Å². The van der Waals surface area contributed by atoms with Gasteiger partial charge in [0.1, 0.15) is 6.17 Å². The molecule has 0 amide bonds. The molecule has 230 valence electrons. The fraction of sp³-hybridized carbons (Fsp3) is 0.0213. The normalized spacial score (nSPS) is 14.0. The van der Waals surface area contributed by atoms with Gasteiger partial charge < -0.3 is 10.2 Å². The Morgan fingerprint density at radius 3 is 1.63 bits per heavy atom. The molecule has 0 aliphatic carbocycles. The Morgan fingerprint density at radius 2 is 0.959 bits per heavy atom. The summed E-state index contributed by atoms with van der Waals surface area (Å²) < 4.78 is 0. The lowest BCUT2D eigenvalue weighted by Gasteiger charge is -2.27. The summed E-state index contributed by atoms with van der Waals surface area (Å²) in [6, 6.07) is 66.4. The third kappa shape index (κ3) is 4.49. The fourth-order valence-corrected chi connectivity index (χ4v) is 7.89. The zero-order valence-corrected chi connectivity index (χ0v) is 26.8. The summed E-state index contributed by atoms with van der Waals surface area (Å²) in [5.41, 5.74) is 12.1. The van der Waals surface area contributed by atoms with Gasteiger partial charge in [-0.2, -0.15) is 0 Å². The van der Waals surface area contributed by atoms with E-state index in [1.165, 1.54) is 82.6 Å². The average molecular weight is 625 g/mol. The van der Waals surface area contributed by atoms with Gasteiger partial charge in [0.15, 0.2) is 0 Å². The Labute approximate surface area is 285 Å². The highest BCUT2D eigenvalue weighted by Crippen LogP contribution is 2.47. The van der Waals surface area contributed by atoms with E-state index in [2.05, 4.69) is 192 Å². The van der Waals surface area contributed by atoms with Crippen LogP contribution in [0.1, 0.15) is 11.7 Å². The van der Waals surface area contributed by atoms with Gasteiger partial charge in [0.2, 0.25) is 0 Å². The van der Waals surface area contributed by atoms with E-state index in [9.17, 15) is 0 Å². The largest absolute Gasteiger partial charge is 0.359 e. The quantitative estimate of drug-likeness (QED) is 0.192. The Kier molecular flexibility index (Phi) is 6.28. The van der Waals surface area contributed by atoms with Gasteiger partial charge in [-0.25, -0.2) is 0 Å². The highest BCUT2D eigenvalue weighted by Gasteiger charge is 2.31. The second-order valence-corrected chi connectivity index (χ2v) is 13.0. The van der Waals surface area contributed by atoms with Crippen LogP contribution >= 0.6 is 0 Å². The lowest BCUT2D eigenvalue weighted by atomic mass is 9.85. The molecule has 0 radical (unpaired) electrons. The van der Waals surface area contributed by atoms with Crippen molar-refractivity contribution in [2.24, 2.45) is 0 Å². The first-order valence-electron chi connectivity index (χ1n) is 17.0. The van der Waals surface area contributed by atoms with Crippen LogP contribution in [0.3, 0.4) is 0 Å². The Bertz CT molecular complexity index is 2590. The zero-order chi connectivity index (χ0) is 32.3. The topological polar surface area (TPSA) is 15.3 Å². The first-order chi connectivity index (χ1) is 24.3. The molecule has 0 bridgehead atoms. The van der Waals surface area contributed by atoms with Crippen molar-refractivity contribution >= 4 is 49.4 Å². The molecule has 0 saturated heterocycles. The third-order valence-electron chi connectivity index (χ3n) is 10.2. The summed E-state index contributed by atoms with van der Waals surface area (Å²) in [4.78, 5) is 2.40. The fourth-order valence-electron chi connectivity index (χ4n) is 7.89. The molecule has 0 spiro atoms. The predicted molar refractivity (Wildman–Crippen MR) is 208 cm³/mol. The van der Waals surface area contributed by atoms with E-state index < -0.39 is 0 Å². The number of fused-ring (bicyclic) bond motifs is 1. The van der Waals surface area contributed by atoms with Gasteiger partial charge in [-0.15, -0.1) is 0 Å². The second kappa shape index (κ2) is 11.1. The van der Waals surface area contributed by atoms with Crippen LogP contribution in [0, 0.1) is 0 Å². The smallest absolute Gasteiger partial charge is 0.130 e. The van der Waals surface area contributed by atoms with Crippen molar-refractivity contribution < 1.29 is 0 Å². The van der Waals surface area contributed by atoms with Gasteiger partial charge in [-0.05, 0) is 102 Å². The third-order valence-corrected chi connectivity index (χ3v) is 10.2. The minimum atomic E-state index is -0.00565. The van der Waals surface area contributed by atoms with Crippen molar-refractivity contribution in [2.45, 2.75) is 6.17 Å². The van der Waals surface area contributed by atoms with E-state index in [0.29, 0.717) is 0 Å². The number of para-hydroxylation sites is 3. The molecule has 1 unspecified atom stereocenters. The molecule has 9 aromatic carbocycles. The minimum Gasteiger partial charge on any atom is -0.359 e. The highest BCUT2D eigenvalue weighted by molar-refractivity contribution is 6.28. The average Bonchev–Trinajstić information content (AvgIpc) is 3.57. The Morgan fingerprint density at radius 1 is 0.408 bits per heavy atom. The van der Waals surface area contributed by atoms with Crippen molar-refractivity contribution in [3.63, 3.8) is 0 Å². The monoisotopic (exact) mass is 624 g/mol. The second-order valence-electron chi connectivity index (χ2n) is 13.0. The maximum atomic E-state index is 3.79. The van der Waals surface area contributed by atoms with E-state index in [-0.39, 0.29) is 6.17 Å². The van der Waals surface area contributed by atoms with Crippen LogP contribution in [0.15, 0.2) is 182 Å². The van der Waals surface area contributed by atoms with Crippen LogP contribution in [-0.2, 0) is 0 Å². The van der Waals surface area contributed by atoms with Crippen LogP contribution in [0.2, 0.25) is 0 Å². The van der Waals surface area contributed by atoms with Gasteiger partial charge in [0, 0.05) is 5.69 Å². The summed E-state index contributed by atoms with van der Waals surface area (Å²) in [5, 5.41) is 11.6. The van der Waals surface area contributed by atoms with Crippen LogP contribution in [0.4, 0.5) is 17.1 Å². The lowest BCUT2D eigenvalue weighted by Crippen LogP contribution is -2.23. The van der Waals surface area contributed by atoms with Crippen LogP contribution in [-0.4, -0.2) is 0 Å². The summed E-state index contributed by atoms with van der Waals surface area (Å²) in [6.07, 6.45) is -0.00565. The van der Waals surface area contributed by atoms with E-state index in [0.717, 1.165) is 5.69 Å². The minimum absolute atomic E-state index is 0.00565. The van der Waals surface area contributed by atoms with Crippen molar-refractivity contribution in [1.82, 2.24) is 0 Å². The molecule has 1 heterocycles. The molecule has 1 aliphatic heterocycles. The number of hydrogen-bond donors (Lipinski definition) is 1. The molecule has 1 N–H and O–H groups in total. The number of nitrogens with one attached hydrogen (secondary N) is 1. The number of benzene rings is 9. The first kappa shape index (κ1) is 27.7. The Hall–Kier alpha value is -6.38. The maximum absolute atomic E-state index is 3.79. The summed E-state index contributed by atoms with van der Waals surface area (Å²) in [6.45, 7) is 0. The van der Waals surface area contributed by atoms with Crippen molar-refractivity contribution in [3.8, 4) is 33.4 Å². The van der Waals surface area contributed by atoms with Crippen molar-refractivity contribution in [3.05, 3.63) is 188 Å². The molecule has 0 saturated carbocycles. The SMILES string of the molecule is c1ccc(-c2ccc(-c3cc(-c4ccc(C5Nc6ccccc6N5c5ccccc5)cc4)c4ccc5cccc6ccc3c4c65)cc2)cc1. The van der Waals surface area contributed by atoms with E-state index in [1.54, 1.807) is 0 Å². The lowest BCUT2D eigenvalue weighted by molar-refractivity contribution is 0.828. The van der Waals surface area contributed by atoms with Crippen LogP contribution in [0.5, 0.6) is 0 Å². The molecule has 2 heteroatoms. The number of nitrogens with zero attached hydrogens (tertiary/aromatic N) is 1. The predicted octanol–water partition coefficient (Wildman–Crippen LogP) is 12.8. The molecule has 2 nitrogen and oxygen atoms in total. The molecule has 49 heavy (non-hydrogen) atoms. The number of hydrogen-bond acceptors (Lipinski definition) is 2. The van der Waals surface area contributed by atoms with Crippen LogP contribution in [0.25, 0.3) is 65.7 Å².